The molecule has 1 aromatic rings. The van der Waals surface area contributed by atoms with Gasteiger partial charge in [-0.15, -0.1) is 0 Å². The molecule has 9 nitrogen and oxygen atoms in total. The molecular formula is C21H31N3O6. The lowest BCUT2D eigenvalue weighted by Gasteiger charge is -2.40. The Bertz CT molecular complexity index is 720. The van der Waals surface area contributed by atoms with Crippen molar-refractivity contribution in [2.45, 2.75) is 38.0 Å². The number of carbonyl (C=O) groups excluding carboxylic acids is 2. The average Bonchev–Trinajstić information content (AvgIpc) is 2.73. The van der Waals surface area contributed by atoms with Crippen LogP contribution >= 0.6 is 0 Å². The summed E-state index contributed by atoms with van der Waals surface area (Å²) in [5.74, 6) is -0.284. The van der Waals surface area contributed by atoms with Gasteiger partial charge >= 0.3 is 0 Å². The van der Waals surface area contributed by atoms with E-state index in [2.05, 4.69) is 10.2 Å². The number of morpholine rings is 1. The van der Waals surface area contributed by atoms with E-state index in [0.717, 1.165) is 37.1 Å². The molecule has 9 heteroatoms. The summed E-state index contributed by atoms with van der Waals surface area (Å²) in [6, 6.07) is 7.46. The predicted octanol–water partition coefficient (Wildman–Crippen LogP) is 0.167. The fraction of sp³-hybridized carbons (Fsp3) is 0.571. The summed E-state index contributed by atoms with van der Waals surface area (Å²) in [6.45, 7) is 4.20. The van der Waals surface area contributed by atoms with Gasteiger partial charge < -0.3 is 30.1 Å². The van der Waals surface area contributed by atoms with E-state index in [9.17, 15) is 9.59 Å². The Labute approximate surface area is 176 Å². The number of aryl methyl sites for hydroxylation is 1. The summed E-state index contributed by atoms with van der Waals surface area (Å²) in [5.41, 5.74) is 1.97. The van der Waals surface area contributed by atoms with Gasteiger partial charge in [0.1, 0.15) is 6.61 Å². The van der Waals surface area contributed by atoms with Gasteiger partial charge in [0.25, 0.3) is 12.4 Å². The molecule has 2 atom stereocenters. The number of piperidine rings is 1. The first-order chi connectivity index (χ1) is 14.4. The zero-order valence-corrected chi connectivity index (χ0v) is 17.5. The summed E-state index contributed by atoms with van der Waals surface area (Å²) in [4.78, 5) is 37.4. The van der Waals surface area contributed by atoms with E-state index < -0.39 is 12.1 Å². The highest BCUT2D eigenvalue weighted by molar-refractivity contribution is 5.86. The summed E-state index contributed by atoms with van der Waals surface area (Å²) >= 11 is 0. The van der Waals surface area contributed by atoms with E-state index in [1.165, 1.54) is 0 Å². The Kier molecular flexibility index (Phi) is 9.22. The highest BCUT2D eigenvalue weighted by atomic mass is 16.5. The van der Waals surface area contributed by atoms with Crippen LogP contribution in [0, 0.1) is 6.92 Å². The van der Waals surface area contributed by atoms with E-state index in [1.54, 1.807) is 11.9 Å². The molecule has 0 spiro atoms. The third-order valence-electron chi connectivity index (χ3n) is 5.60. The number of nitrogens with one attached hydrogen (secondary N) is 1. The van der Waals surface area contributed by atoms with Crippen molar-refractivity contribution >= 4 is 18.3 Å². The van der Waals surface area contributed by atoms with Gasteiger partial charge in [-0.1, -0.05) is 24.3 Å². The Morgan fingerprint density at radius 2 is 1.93 bits per heavy atom. The fourth-order valence-electron chi connectivity index (χ4n) is 3.95. The molecular weight excluding hydrogens is 390 g/mol. The molecule has 0 bridgehead atoms. The SMILES string of the molecule is Cc1ccccc1[C@@H]1[C@@H](C(=O)NC2CCN(CCO)CC2)OCC(=O)N1C.O=CO. The van der Waals surface area contributed by atoms with Crippen LogP contribution in [0.5, 0.6) is 0 Å². The monoisotopic (exact) mass is 421 g/mol. The average molecular weight is 421 g/mol. The molecule has 2 aliphatic rings. The maximum absolute atomic E-state index is 13.0. The fourth-order valence-corrected chi connectivity index (χ4v) is 3.95. The number of amides is 2. The van der Waals surface area contributed by atoms with Crippen LogP contribution in [0.1, 0.15) is 30.0 Å². The second-order valence-corrected chi connectivity index (χ2v) is 7.49. The molecule has 30 heavy (non-hydrogen) atoms. The van der Waals surface area contributed by atoms with Crippen LogP contribution in [-0.4, -0.2) is 90.3 Å². The molecule has 0 aromatic heterocycles. The maximum Gasteiger partial charge on any atom is 0.290 e. The van der Waals surface area contributed by atoms with Gasteiger partial charge in [-0.05, 0) is 30.9 Å². The van der Waals surface area contributed by atoms with Crippen molar-refractivity contribution in [2.75, 3.05) is 39.9 Å². The maximum atomic E-state index is 13.0. The van der Waals surface area contributed by atoms with Gasteiger partial charge in [0, 0.05) is 32.7 Å². The molecule has 2 saturated heterocycles. The van der Waals surface area contributed by atoms with Crippen LogP contribution in [0.2, 0.25) is 0 Å². The summed E-state index contributed by atoms with van der Waals surface area (Å²) in [6.07, 6.45) is 0.981. The van der Waals surface area contributed by atoms with Crippen molar-refractivity contribution in [3.63, 3.8) is 0 Å². The predicted molar refractivity (Wildman–Crippen MR) is 110 cm³/mol. The molecule has 1 aromatic carbocycles. The van der Waals surface area contributed by atoms with E-state index in [4.69, 9.17) is 19.7 Å². The number of rotatable bonds is 5. The van der Waals surface area contributed by atoms with Gasteiger partial charge in [-0.25, -0.2) is 0 Å². The number of hydrogen-bond acceptors (Lipinski definition) is 6. The molecule has 166 valence electrons. The Morgan fingerprint density at radius 1 is 1.30 bits per heavy atom. The van der Waals surface area contributed by atoms with Crippen molar-refractivity contribution in [3.05, 3.63) is 35.4 Å². The molecule has 0 radical (unpaired) electrons. The smallest absolute Gasteiger partial charge is 0.290 e. The molecule has 2 heterocycles. The van der Waals surface area contributed by atoms with Crippen molar-refractivity contribution in [1.82, 2.24) is 15.1 Å². The van der Waals surface area contributed by atoms with Crippen LogP contribution in [0.4, 0.5) is 0 Å². The number of benzene rings is 1. The minimum absolute atomic E-state index is 0.0775. The molecule has 3 rings (SSSR count). The summed E-state index contributed by atoms with van der Waals surface area (Å²) < 4.78 is 5.70. The molecule has 2 aliphatic heterocycles. The molecule has 0 unspecified atom stereocenters. The minimum atomic E-state index is -0.718. The molecule has 3 N–H and O–H groups in total. The number of nitrogens with zero attached hydrogens (tertiary/aromatic N) is 2. The molecule has 0 aliphatic carbocycles. The van der Waals surface area contributed by atoms with Gasteiger partial charge in [0.15, 0.2) is 6.10 Å². The number of carboxylic acid groups (broad SMARTS) is 1. The van der Waals surface area contributed by atoms with E-state index in [0.29, 0.717) is 6.54 Å². The van der Waals surface area contributed by atoms with Gasteiger partial charge in [-0.3, -0.25) is 14.4 Å². The summed E-state index contributed by atoms with van der Waals surface area (Å²) in [7, 11) is 1.73. The normalized spacial score (nSPS) is 22.8. The third kappa shape index (κ3) is 6.01. The molecule has 0 saturated carbocycles. The Hall–Kier alpha value is -2.49. The van der Waals surface area contributed by atoms with Crippen LogP contribution in [0.25, 0.3) is 0 Å². The topological polar surface area (TPSA) is 119 Å². The van der Waals surface area contributed by atoms with Gasteiger partial charge in [-0.2, -0.15) is 0 Å². The second-order valence-electron chi connectivity index (χ2n) is 7.49. The lowest BCUT2D eigenvalue weighted by atomic mass is 9.93. The van der Waals surface area contributed by atoms with Crippen molar-refractivity contribution in [3.8, 4) is 0 Å². The van der Waals surface area contributed by atoms with Gasteiger partial charge in [0.05, 0.1) is 12.6 Å². The zero-order chi connectivity index (χ0) is 22.1. The van der Waals surface area contributed by atoms with E-state index >= 15 is 0 Å². The molecule has 2 fully saturated rings. The standard InChI is InChI=1S/C20H29N3O4.CH2O2/c1-14-5-3-4-6-16(14)18-19(27-13-17(25)22(18)2)20(26)21-15-7-9-23(10-8-15)11-12-24;2-1-3/h3-6,15,18-19,24H,7-13H2,1-2H3,(H,21,26);1H,(H,2,3)/t18-,19+;/m1./s1. The lowest BCUT2D eigenvalue weighted by Crippen LogP contribution is -2.55. The van der Waals surface area contributed by atoms with Gasteiger partial charge in [0.2, 0.25) is 5.91 Å². The van der Waals surface area contributed by atoms with Crippen LogP contribution < -0.4 is 5.32 Å². The molecule has 2 amide bonds. The number of likely N-dealkylation sites (tertiary alicyclic amines) is 1. The largest absolute Gasteiger partial charge is 0.483 e. The number of likely N-dealkylation sites (N-methyl/N-ethyl adjacent to an activating group) is 1. The number of hydrogen-bond donors (Lipinski definition) is 3. The quantitative estimate of drug-likeness (QED) is 0.580. The van der Waals surface area contributed by atoms with E-state index in [1.807, 2.05) is 31.2 Å². The number of ether oxygens (including phenoxy) is 1. The first-order valence-corrected chi connectivity index (χ1v) is 10.1. The van der Waals surface area contributed by atoms with Crippen LogP contribution in [0.15, 0.2) is 24.3 Å². The first-order valence-electron chi connectivity index (χ1n) is 10.1. The van der Waals surface area contributed by atoms with Crippen molar-refractivity contribution < 1.29 is 29.3 Å². The lowest BCUT2D eigenvalue weighted by molar-refractivity contribution is -0.162. The van der Waals surface area contributed by atoms with Crippen molar-refractivity contribution in [2.24, 2.45) is 0 Å². The summed E-state index contributed by atoms with van der Waals surface area (Å²) in [5, 5.41) is 19.0. The van der Waals surface area contributed by atoms with E-state index in [-0.39, 0.29) is 37.5 Å². The number of aliphatic hydroxyl groups excluding tert-OH is 1. The highest BCUT2D eigenvalue weighted by Gasteiger charge is 2.41. The number of β-amino-alcohol motifs (C(OH)–C–C–N with tert-alkyl or cyclic N) is 1. The van der Waals surface area contributed by atoms with Crippen molar-refractivity contribution in [1.29, 1.82) is 0 Å². The number of carbonyl (C=O) groups is 3. The number of aliphatic hydroxyl groups is 1. The van der Waals surface area contributed by atoms with Crippen LogP contribution in [-0.2, 0) is 19.1 Å². The zero-order valence-electron chi connectivity index (χ0n) is 17.5. The minimum Gasteiger partial charge on any atom is -0.483 e. The Morgan fingerprint density at radius 3 is 2.53 bits per heavy atom. The highest BCUT2D eigenvalue weighted by Crippen LogP contribution is 2.31. The third-order valence-corrected chi connectivity index (χ3v) is 5.60. The van der Waals surface area contributed by atoms with Crippen LogP contribution in [0.3, 0.4) is 0 Å². The Balaban J connectivity index is 0.00000101. The second kappa shape index (κ2) is 11.6. The first kappa shape index (κ1) is 23.8.